The van der Waals surface area contributed by atoms with Crippen molar-refractivity contribution < 1.29 is 38.1 Å². The molecule has 166 valence electrons. The molecule has 2 amide bonds. The lowest BCUT2D eigenvalue weighted by molar-refractivity contribution is -0.149. The zero-order chi connectivity index (χ0) is 22.8. The van der Waals surface area contributed by atoms with Gasteiger partial charge in [0.25, 0.3) is 11.8 Å². The first kappa shape index (κ1) is 23.8. The lowest BCUT2D eigenvalue weighted by atomic mass is 10.1. The Hall–Kier alpha value is -3.44. The van der Waals surface area contributed by atoms with Crippen molar-refractivity contribution in [2.75, 3.05) is 38.9 Å². The van der Waals surface area contributed by atoms with E-state index in [0.29, 0.717) is 5.75 Å². The smallest absolute Gasteiger partial charge is 0.344 e. The van der Waals surface area contributed by atoms with E-state index in [1.807, 2.05) is 0 Å². The van der Waals surface area contributed by atoms with Crippen molar-refractivity contribution in [1.29, 1.82) is 0 Å². The minimum atomic E-state index is -0.751. The molecular weight excluding hydrogens is 428 g/mol. The number of hydrogen-bond acceptors (Lipinski definition) is 9. The van der Waals surface area contributed by atoms with E-state index in [2.05, 4.69) is 5.32 Å². The average Bonchev–Trinajstić information content (AvgIpc) is 3.07. The molecule has 1 aromatic carbocycles. The highest BCUT2D eigenvalue weighted by atomic mass is 32.1. The van der Waals surface area contributed by atoms with Gasteiger partial charge in [-0.3, -0.25) is 9.59 Å². The standard InChI is InChI=1S/C20H22N2O8S/c1-12-16(20(26)28-9-8-27-2)19(31-17(12)18(21)25)22-14(23)10-30-15(24)11-29-13-6-4-3-5-7-13/h3-7H,8-11H2,1-2H3,(H2,21,25)(H,22,23). The number of primary amides is 1. The number of benzene rings is 1. The van der Waals surface area contributed by atoms with E-state index in [4.69, 9.17) is 24.7 Å². The zero-order valence-corrected chi connectivity index (χ0v) is 17.8. The summed E-state index contributed by atoms with van der Waals surface area (Å²) in [7, 11) is 1.45. The second kappa shape index (κ2) is 11.7. The van der Waals surface area contributed by atoms with Crippen molar-refractivity contribution in [2.24, 2.45) is 5.73 Å². The first-order chi connectivity index (χ1) is 14.8. The molecule has 0 aliphatic heterocycles. The Morgan fingerprint density at radius 2 is 1.74 bits per heavy atom. The highest BCUT2D eigenvalue weighted by molar-refractivity contribution is 7.18. The summed E-state index contributed by atoms with van der Waals surface area (Å²) in [5.41, 5.74) is 5.62. The largest absolute Gasteiger partial charge is 0.482 e. The molecule has 10 nitrogen and oxygen atoms in total. The lowest BCUT2D eigenvalue weighted by Crippen LogP contribution is -2.24. The van der Waals surface area contributed by atoms with Crippen LogP contribution < -0.4 is 15.8 Å². The number of esters is 2. The molecule has 1 aromatic heterocycles. The van der Waals surface area contributed by atoms with Crippen LogP contribution in [0.25, 0.3) is 0 Å². The van der Waals surface area contributed by atoms with Gasteiger partial charge in [0.1, 0.15) is 17.4 Å². The molecule has 0 radical (unpaired) electrons. The molecule has 0 atom stereocenters. The quantitative estimate of drug-likeness (QED) is 0.387. The van der Waals surface area contributed by atoms with Gasteiger partial charge in [0, 0.05) is 7.11 Å². The van der Waals surface area contributed by atoms with Gasteiger partial charge in [0.15, 0.2) is 13.2 Å². The number of carbonyl (C=O) groups is 4. The van der Waals surface area contributed by atoms with E-state index in [9.17, 15) is 19.2 Å². The molecule has 0 bridgehead atoms. The van der Waals surface area contributed by atoms with Crippen molar-refractivity contribution >= 4 is 40.1 Å². The van der Waals surface area contributed by atoms with E-state index in [1.165, 1.54) is 14.0 Å². The molecule has 0 saturated carbocycles. The summed E-state index contributed by atoms with van der Waals surface area (Å²) in [5, 5.41) is 2.51. The molecule has 0 fully saturated rings. The minimum absolute atomic E-state index is 0.00184. The van der Waals surface area contributed by atoms with Gasteiger partial charge in [-0.15, -0.1) is 11.3 Å². The SMILES string of the molecule is COCCOC(=O)c1c(NC(=O)COC(=O)COc2ccccc2)sc(C(N)=O)c1C. The third kappa shape index (κ3) is 7.08. The Kier molecular flexibility index (Phi) is 8.97. The van der Waals surface area contributed by atoms with Crippen molar-refractivity contribution in [1.82, 2.24) is 0 Å². The predicted molar refractivity (Wildman–Crippen MR) is 111 cm³/mol. The molecule has 11 heteroatoms. The number of para-hydroxylation sites is 1. The fourth-order valence-corrected chi connectivity index (χ4v) is 3.44. The van der Waals surface area contributed by atoms with E-state index < -0.39 is 30.4 Å². The number of hydrogen-bond donors (Lipinski definition) is 2. The molecule has 0 saturated heterocycles. The maximum Gasteiger partial charge on any atom is 0.344 e. The number of anilines is 1. The van der Waals surface area contributed by atoms with E-state index in [0.717, 1.165) is 11.3 Å². The normalized spacial score (nSPS) is 10.3. The summed E-state index contributed by atoms with van der Waals surface area (Å²) in [6.07, 6.45) is 0. The molecule has 0 aliphatic carbocycles. The van der Waals surface area contributed by atoms with Crippen LogP contribution in [0.5, 0.6) is 5.75 Å². The number of nitrogens with two attached hydrogens (primary N) is 1. The summed E-state index contributed by atoms with van der Waals surface area (Å²) < 4.78 is 20.0. The Morgan fingerprint density at radius 3 is 2.39 bits per heavy atom. The van der Waals surface area contributed by atoms with Crippen LogP contribution in [-0.2, 0) is 23.8 Å². The van der Waals surface area contributed by atoms with Gasteiger partial charge in [-0.25, -0.2) is 9.59 Å². The van der Waals surface area contributed by atoms with Crippen LogP contribution in [0.3, 0.4) is 0 Å². The highest BCUT2D eigenvalue weighted by Gasteiger charge is 2.26. The number of ether oxygens (including phenoxy) is 4. The van der Waals surface area contributed by atoms with Gasteiger partial charge in [0.2, 0.25) is 0 Å². The lowest BCUT2D eigenvalue weighted by Gasteiger charge is -2.09. The number of amides is 2. The maximum atomic E-state index is 12.4. The molecule has 31 heavy (non-hydrogen) atoms. The number of nitrogens with one attached hydrogen (secondary N) is 1. The number of thiophene rings is 1. The fraction of sp³-hybridized carbons (Fsp3) is 0.300. The van der Waals surface area contributed by atoms with E-state index >= 15 is 0 Å². The van der Waals surface area contributed by atoms with Gasteiger partial charge < -0.3 is 30.0 Å². The van der Waals surface area contributed by atoms with Crippen LogP contribution in [0.15, 0.2) is 30.3 Å². The molecule has 0 aliphatic rings. The number of methoxy groups -OCH3 is 1. The second-order valence-electron chi connectivity index (χ2n) is 6.06. The zero-order valence-electron chi connectivity index (χ0n) is 17.0. The molecule has 1 heterocycles. The minimum Gasteiger partial charge on any atom is -0.482 e. The van der Waals surface area contributed by atoms with Crippen LogP contribution in [0.4, 0.5) is 5.00 Å². The van der Waals surface area contributed by atoms with Crippen LogP contribution in [0.2, 0.25) is 0 Å². The molecule has 2 aromatic rings. The van der Waals surface area contributed by atoms with Gasteiger partial charge in [0.05, 0.1) is 17.0 Å². The van der Waals surface area contributed by atoms with Crippen molar-refractivity contribution in [2.45, 2.75) is 6.92 Å². The fourth-order valence-electron chi connectivity index (χ4n) is 2.38. The first-order valence-electron chi connectivity index (χ1n) is 9.06. The van der Waals surface area contributed by atoms with Crippen molar-refractivity contribution in [3.8, 4) is 5.75 Å². The average molecular weight is 450 g/mol. The number of rotatable bonds is 11. The second-order valence-corrected chi connectivity index (χ2v) is 7.08. The molecule has 0 spiro atoms. The summed E-state index contributed by atoms with van der Waals surface area (Å²) >= 11 is 0.828. The Labute approximate surface area is 182 Å². The monoisotopic (exact) mass is 450 g/mol. The Bertz CT molecular complexity index is 942. The van der Waals surface area contributed by atoms with Crippen LogP contribution >= 0.6 is 11.3 Å². The third-order valence-electron chi connectivity index (χ3n) is 3.81. The topological polar surface area (TPSA) is 143 Å². The summed E-state index contributed by atoms with van der Waals surface area (Å²) in [5.74, 6) is -2.48. The van der Waals surface area contributed by atoms with E-state index in [-0.39, 0.29) is 40.8 Å². The summed E-state index contributed by atoms with van der Waals surface area (Å²) in [4.78, 5) is 48.1. The maximum absolute atomic E-state index is 12.4. The highest BCUT2D eigenvalue weighted by Crippen LogP contribution is 2.33. The molecular formula is C20H22N2O8S. The van der Waals surface area contributed by atoms with Gasteiger partial charge in [-0.05, 0) is 24.6 Å². The van der Waals surface area contributed by atoms with Crippen LogP contribution in [0, 0.1) is 6.92 Å². The first-order valence-corrected chi connectivity index (χ1v) is 9.87. The number of carbonyl (C=O) groups excluding carboxylic acids is 4. The van der Waals surface area contributed by atoms with Crippen molar-refractivity contribution in [3.63, 3.8) is 0 Å². The molecule has 0 unspecified atom stereocenters. The van der Waals surface area contributed by atoms with Crippen LogP contribution in [0.1, 0.15) is 25.6 Å². The van der Waals surface area contributed by atoms with Gasteiger partial charge >= 0.3 is 11.9 Å². The van der Waals surface area contributed by atoms with Gasteiger partial charge in [-0.1, -0.05) is 18.2 Å². The van der Waals surface area contributed by atoms with Gasteiger partial charge in [-0.2, -0.15) is 0 Å². The predicted octanol–water partition coefficient (Wildman–Crippen LogP) is 1.52. The van der Waals surface area contributed by atoms with E-state index in [1.54, 1.807) is 30.3 Å². The van der Waals surface area contributed by atoms with Crippen LogP contribution in [-0.4, -0.2) is 57.3 Å². The Balaban J connectivity index is 1.97. The third-order valence-corrected chi connectivity index (χ3v) is 5.03. The molecule has 3 N–H and O–H groups in total. The van der Waals surface area contributed by atoms with Crippen molar-refractivity contribution in [3.05, 3.63) is 46.3 Å². The Morgan fingerprint density at radius 1 is 1.03 bits per heavy atom. The summed E-state index contributed by atoms with van der Waals surface area (Å²) in [6, 6.07) is 8.63. The molecule has 2 rings (SSSR count). The summed E-state index contributed by atoms with van der Waals surface area (Å²) in [6.45, 7) is 0.694.